The summed E-state index contributed by atoms with van der Waals surface area (Å²) in [5.74, 6) is -1.93. The Morgan fingerprint density at radius 3 is 2.58 bits per heavy atom. The van der Waals surface area contributed by atoms with Crippen LogP contribution in [0.25, 0.3) is 0 Å². The summed E-state index contributed by atoms with van der Waals surface area (Å²) < 4.78 is 26.7. The van der Waals surface area contributed by atoms with Crippen molar-refractivity contribution in [3.05, 3.63) is 57.3 Å². The van der Waals surface area contributed by atoms with Crippen LogP contribution in [0, 0.1) is 23.0 Å². The molecule has 0 aliphatic carbocycles. The molecule has 2 heterocycles. The van der Waals surface area contributed by atoms with E-state index in [1.165, 1.54) is 6.07 Å². The Hall–Kier alpha value is -2.30. The average Bonchev–Trinajstić information content (AvgIpc) is 3.03. The summed E-state index contributed by atoms with van der Waals surface area (Å²) in [5, 5.41) is 10.7. The number of amides is 1. The monoisotopic (exact) mass is 347 g/mol. The van der Waals surface area contributed by atoms with Crippen molar-refractivity contribution in [2.45, 2.75) is 6.54 Å². The van der Waals surface area contributed by atoms with Crippen molar-refractivity contribution in [3.8, 4) is 6.07 Å². The first kappa shape index (κ1) is 16.6. The van der Waals surface area contributed by atoms with Crippen LogP contribution < -0.4 is 0 Å². The van der Waals surface area contributed by atoms with Crippen LogP contribution in [0.4, 0.5) is 8.78 Å². The summed E-state index contributed by atoms with van der Waals surface area (Å²) in [5.41, 5.74) is 0.567. The summed E-state index contributed by atoms with van der Waals surface area (Å²) in [6, 6.07) is 6.99. The molecule has 0 radical (unpaired) electrons. The van der Waals surface area contributed by atoms with Crippen molar-refractivity contribution >= 4 is 17.2 Å². The minimum Gasteiger partial charge on any atom is -0.336 e. The predicted molar refractivity (Wildman–Crippen MR) is 86.6 cm³/mol. The van der Waals surface area contributed by atoms with Gasteiger partial charge >= 0.3 is 0 Å². The highest BCUT2D eigenvalue weighted by atomic mass is 32.1. The van der Waals surface area contributed by atoms with Crippen LogP contribution in [0.2, 0.25) is 0 Å². The van der Waals surface area contributed by atoms with E-state index in [0.29, 0.717) is 31.7 Å². The topological polar surface area (TPSA) is 47.3 Å². The van der Waals surface area contributed by atoms with E-state index in [0.717, 1.165) is 23.6 Å². The molecule has 1 saturated heterocycles. The zero-order valence-corrected chi connectivity index (χ0v) is 13.7. The van der Waals surface area contributed by atoms with Crippen molar-refractivity contribution < 1.29 is 13.6 Å². The second-order valence-corrected chi connectivity index (χ2v) is 6.60. The number of thiophene rings is 1. The molecule has 0 bridgehead atoms. The van der Waals surface area contributed by atoms with Gasteiger partial charge in [-0.15, -0.1) is 11.3 Å². The van der Waals surface area contributed by atoms with Gasteiger partial charge in [0.15, 0.2) is 0 Å². The van der Waals surface area contributed by atoms with E-state index in [1.54, 1.807) is 16.2 Å². The van der Waals surface area contributed by atoms with Crippen LogP contribution in [0.15, 0.2) is 29.6 Å². The number of benzene rings is 1. The largest absolute Gasteiger partial charge is 0.336 e. The minimum atomic E-state index is -0.829. The molecule has 4 nitrogen and oxygen atoms in total. The Morgan fingerprint density at radius 2 is 1.96 bits per heavy atom. The summed E-state index contributed by atoms with van der Waals surface area (Å²) in [6.45, 7) is 3.07. The number of halogens is 2. The molecule has 24 heavy (non-hydrogen) atoms. The molecule has 0 N–H and O–H groups in total. The number of nitriles is 1. The van der Waals surface area contributed by atoms with Gasteiger partial charge in [-0.05, 0) is 18.2 Å². The van der Waals surface area contributed by atoms with E-state index in [4.69, 9.17) is 5.26 Å². The first-order valence-electron chi connectivity index (χ1n) is 7.51. The highest BCUT2D eigenvalue weighted by Gasteiger charge is 2.24. The zero-order chi connectivity index (χ0) is 17.1. The lowest BCUT2D eigenvalue weighted by Gasteiger charge is -2.34. The third-order valence-corrected chi connectivity index (χ3v) is 4.90. The van der Waals surface area contributed by atoms with Gasteiger partial charge in [0.2, 0.25) is 0 Å². The Balaban J connectivity index is 1.58. The number of hydrogen-bond acceptors (Lipinski definition) is 4. The molecular formula is C17H15F2N3OS. The molecule has 0 spiro atoms. The first-order chi connectivity index (χ1) is 11.6. The fraction of sp³-hybridized carbons (Fsp3) is 0.294. The summed E-state index contributed by atoms with van der Waals surface area (Å²) >= 11 is 1.55. The second kappa shape index (κ2) is 7.07. The zero-order valence-electron chi connectivity index (χ0n) is 12.8. The van der Waals surface area contributed by atoms with Crippen molar-refractivity contribution in [1.82, 2.24) is 9.80 Å². The molecule has 1 aromatic carbocycles. The minimum absolute atomic E-state index is 0.0956. The number of rotatable bonds is 3. The molecule has 0 saturated carbocycles. The molecule has 7 heteroatoms. The van der Waals surface area contributed by atoms with Crippen molar-refractivity contribution in [2.75, 3.05) is 26.2 Å². The van der Waals surface area contributed by atoms with Gasteiger partial charge in [0.1, 0.15) is 17.7 Å². The molecule has 1 aliphatic heterocycles. The van der Waals surface area contributed by atoms with Crippen LogP contribution in [-0.4, -0.2) is 41.9 Å². The number of nitrogens with zero attached hydrogens (tertiary/aromatic N) is 3. The maximum Gasteiger partial charge on any atom is 0.256 e. The quantitative estimate of drug-likeness (QED) is 0.858. The van der Waals surface area contributed by atoms with Crippen LogP contribution in [0.5, 0.6) is 0 Å². The molecule has 3 rings (SSSR count). The Bertz CT molecular complexity index is 791. The SMILES string of the molecule is N#Cc1csc(CN2CCN(C(=O)c3ccc(F)cc3F)CC2)c1. The molecule has 1 aromatic heterocycles. The lowest BCUT2D eigenvalue weighted by Crippen LogP contribution is -2.48. The molecular weight excluding hydrogens is 332 g/mol. The van der Waals surface area contributed by atoms with Crippen LogP contribution >= 0.6 is 11.3 Å². The third kappa shape index (κ3) is 3.61. The highest BCUT2D eigenvalue weighted by Crippen LogP contribution is 2.18. The van der Waals surface area contributed by atoms with Crippen LogP contribution in [0.3, 0.4) is 0 Å². The Kier molecular flexibility index (Phi) is 4.88. The van der Waals surface area contributed by atoms with Gasteiger partial charge in [-0.3, -0.25) is 9.69 Å². The van der Waals surface area contributed by atoms with Crippen molar-refractivity contribution in [2.24, 2.45) is 0 Å². The summed E-state index contributed by atoms with van der Waals surface area (Å²) in [4.78, 5) is 17.2. The first-order valence-corrected chi connectivity index (χ1v) is 8.39. The smallest absolute Gasteiger partial charge is 0.256 e. The lowest BCUT2D eigenvalue weighted by atomic mass is 10.1. The Labute approximate surface area is 142 Å². The van der Waals surface area contributed by atoms with Gasteiger partial charge in [-0.1, -0.05) is 0 Å². The van der Waals surface area contributed by atoms with Gasteiger partial charge in [0.25, 0.3) is 5.91 Å². The fourth-order valence-electron chi connectivity index (χ4n) is 2.68. The number of carbonyl (C=O) groups is 1. The number of hydrogen-bond donors (Lipinski definition) is 0. The fourth-order valence-corrected chi connectivity index (χ4v) is 3.54. The van der Waals surface area contributed by atoms with Gasteiger partial charge in [-0.25, -0.2) is 8.78 Å². The second-order valence-electron chi connectivity index (χ2n) is 5.61. The van der Waals surface area contributed by atoms with Gasteiger partial charge in [0, 0.05) is 49.0 Å². The van der Waals surface area contributed by atoms with Gasteiger partial charge in [0.05, 0.1) is 11.1 Å². The van der Waals surface area contributed by atoms with E-state index in [1.807, 2.05) is 11.4 Å². The van der Waals surface area contributed by atoms with Crippen LogP contribution in [-0.2, 0) is 6.54 Å². The lowest BCUT2D eigenvalue weighted by molar-refractivity contribution is 0.0625. The van der Waals surface area contributed by atoms with Gasteiger partial charge < -0.3 is 4.90 Å². The standard InChI is InChI=1S/C17H15F2N3OS/c18-13-1-2-15(16(19)8-13)17(23)22-5-3-21(4-6-22)10-14-7-12(9-20)11-24-14/h1-2,7-8,11H,3-6,10H2. The number of carbonyl (C=O) groups excluding carboxylic acids is 1. The van der Waals surface area contributed by atoms with Gasteiger partial charge in [-0.2, -0.15) is 5.26 Å². The van der Waals surface area contributed by atoms with E-state index < -0.39 is 17.5 Å². The van der Waals surface area contributed by atoms with E-state index >= 15 is 0 Å². The maximum atomic E-state index is 13.7. The Morgan fingerprint density at radius 1 is 1.21 bits per heavy atom. The summed E-state index contributed by atoms with van der Waals surface area (Å²) in [7, 11) is 0. The van der Waals surface area contributed by atoms with E-state index in [-0.39, 0.29) is 5.56 Å². The molecule has 124 valence electrons. The molecule has 0 unspecified atom stereocenters. The molecule has 1 aliphatic rings. The van der Waals surface area contributed by atoms with E-state index in [9.17, 15) is 13.6 Å². The predicted octanol–water partition coefficient (Wildman–Crippen LogP) is 2.86. The molecule has 1 amide bonds. The highest BCUT2D eigenvalue weighted by molar-refractivity contribution is 7.10. The summed E-state index contributed by atoms with van der Waals surface area (Å²) in [6.07, 6.45) is 0. The van der Waals surface area contributed by atoms with Crippen LogP contribution in [0.1, 0.15) is 20.8 Å². The van der Waals surface area contributed by atoms with Crippen molar-refractivity contribution in [3.63, 3.8) is 0 Å². The third-order valence-electron chi connectivity index (χ3n) is 3.98. The normalized spacial score (nSPS) is 15.3. The van der Waals surface area contributed by atoms with Crippen molar-refractivity contribution in [1.29, 1.82) is 5.26 Å². The maximum absolute atomic E-state index is 13.7. The molecule has 2 aromatic rings. The molecule has 0 atom stereocenters. The average molecular weight is 347 g/mol. The van der Waals surface area contributed by atoms with E-state index in [2.05, 4.69) is 11.0 Å². The number of piperazine rings is 1. The molecule has 1 fully saturated rings.